The van der Waals surface area contributed by atoms with Crippen LogP contribution < -0.4 is 10.6 Å². The van der Waals surface area contributed by atoms with Crippen molar-refractivity contribution in [3.05, 3.63) is 34.9 Å². The molecule has 0 radical (unpaired) electrons. The quantitative estimate of drug-likeness (QED) is 0.865. The molecule has 1 aromatic carbocycles. The smallest absolute Gasteiger partial charge is 0.252 e. The summed E-state index contributed by atoms with van der Waals surface area (Å²) in [5.74, 6) is 0.901. The average Bonchev–Trinajstić information content (AvgIpc) is 2.52. The highest BCUT2D eigenvalue weighted by Gasteiger charge is 2.27. The molecule has 1 aliphatic carbocycles. The second-order valence-electron chi connectivity index (χ2n) is 6.43. The molecule has 0 bridgehead atoms. The zero-order chi connectivity index (χ0) is 16.8. The largest absolute Gasteiger partial charge is 0.353 e. The summed E-state index contributed by atoms with van der Waals surface area (Å²) >= 11 is 5.98. The first-order valence-corrected chi connectivity index (χ1v) is 8.69. The van der Waals surface area contributed by atoms with Crippen molar-refractivity contribution in [1.29, 1.82) is 0 Å². The van der Waals surface area contributed by atoms with Crippen LogP contribution in [-0.4, -0.2) is 24.4 Å². The van der Waals surface area contributed by atoms with Crippen molar-refractivity contribution in [3.63, 3.8) is 0 Å². The Morgan fingerprint density at radius 2 is 1.96 bits per heavy atom. The molecular formula is C18H25ClN2O2. The van der Waals surface area contributed by atoms with E-state index in [1.54, 1.807) is 24.3 Å². The molecular weight excluding hydrogens is 312 g/mol. The van der Waals surface area contributed by atoms with E-state index in [1.807, 2.05) is 0 Å². The molecule has 1 saturated carbocycles. The summed E-state index contributed by atoms with van der Waals surface area (Å²) < 4.78 is 0. The summed E-state index contributed by atoms with van der Waals surface area (Å²) in [5.41, 5.74) is 0.435. The molecule has 1 fully saturated rings. The van der Waals surface area contributed by atoms with Gasteiger partial charge in [-0.25, -0.2) is 0 Å². The number of hydrogen-bond donors (Lipinski definition) is 2. The first kappa shape index (κ1) is 17.8. The van der Waals surface area contributed by atoms with Crippen LogP contribution in [0.2, 0.25) is 5.02 Å². The Morgan fingerprint density at radius 3 is 2.70 bits per heavy atom. The summed E-state index contributed by atoms with van der Waals surface area (Å²) in [6, 6.07) is 7.14. The molecule has 23 heavy (non-hydrogen) atoms. The van der Waals surface area contributed by atoms with Gasteiger partial charge in [0.1, 0.15) is 0 Å². The summed E-state index contributed by atoms with van der Waals surface area (Å²) in [6.07, 6.45) is 3.73. The normalized spacial score (nSPS) is 24.0. The highest BCUT2D eigenvalue weighted by Crippen LogP contribution is 2.29. The van der Waals surface area contributed by atoms with Gasteiger partial charge in [-0.15, -0.1) is 0 Å². The highest BCUT2D eigenvalue weighted by molar-refractivity contribution is 6.33. The van der Waals surface area contributed by atoms with E-state index in [-0.39, 0.29) is 24.3 Å². The van der Waals surface area contributed by atoms with Crippen molar-refractivity contribution >= 4 is 23.4 Å². The van der Waals surface area contributed by atoms with Crippen molar-refractivity contribution in [3.8, 4) is 0 Å². The molecule has 1 aliphatic rings. The number of halogens is 1. The van der Waals surface area contributed by atoms with E-state index in [1.165, 1.54) is 12.8 Å². The molecule has 0 spiro atoms. The SMILES string of the molecule is C[C@@H]1[C@@H](C)CCC[C@H]1NC(=O)CCNC(=O)c1ccccc1Cl. The lowest BCUT2D eigenvalue weighted by atomic mass is 9.78. The van der Waals surface area contributed by atoms with Gasteiger partial charge in [0.25, 0.3) is 5.91 Å². The second-order valence-corrected chi connectivity index (χ2v) is 6.83. The van der Waals surface area contributed by atoms with Crippen molar-refractivity contribution in [2.75, 3.05) is 6.54 Å². The predicted octanol–water partition coefficient (Wildman–Crippen LogP) is 3.40. The maximum atomic E-state index is 12.1. The Hall–Kier alpha value is -1.55. The van der Waals surface area contributed by atoms with Crippen LogP contribution in [0.3, 0.4) is 0 Å². The van der Waals surface area contributed by atoms with Crippen LogP contribution in [0.4, 0.5) is 0 Å². The molecule has 5 heteroatoms. The molecule has 0 aliphatic heterocycles. The molecule has 0 aromatic heterocycles. The standard InChI is InChI=1S/C18H25ClN2O2/c1-12-6-5-9-16(13(12)2)21-17(22)10-11-20-18(23)14-7-3-4-8-15(14)19/h3-4,7-8,12-13,16H,5-6,9-11H2,1-2H3,(H,20,23)(H,21,22)/t12-,13+,16+/m0/s1. The minimum Gasteiger partial charge on any atom is -0.353 e. The Labute approximate surface area is 143 Å². The van der Waals surface area contributed by atoms with Gasteiger partial charge in [-0.05, 0) is 30.4 Å². The molecule has 4 nitrogen and oxygen atoms in total. The lowest BCUT2D eigenvalue weighted by molar-refractivity contribution is -0.122. The summed E-state index contributed by atoms with van der Waals surface area (Å²) in [4.78, 5) is 24.1. The van der Waals surface area contributed by atoms with E-state index in [0.717, 1.165) is 6.42 Å². The Bertz CT molecular complexity index is 562. The van der Waals surface area contributed by atoms with Crippen LogP contribution in [0.1, 0.15) is 49.9 Å². The Kier molecular flexibility index (Phi) is 6.46. The zero-order valence-electron chi connectivity index (χ0n) is 13.8. The third-order valence-corrected chi connectivity index (χ3v) is 5.14. The second kappa shape index (κ2) is 8.34. The number of hydrogen-bond acceptors (Lipinski definition) is 2. The molecule has 126 valence electrons. The van der Waals surface area contributed by atoms with E-state index >= 15 is 0 Å². The van der Waals surface area contributed by atoms with Crippen LogP contribution in [0.15, 0.2) is 24.3 Å². The van der Waals surface area contributed by atoms with Crippen LogP contribution >= 0.6 is 11.6 Å². The molecule has 3 atom stereocenters. The van der Waals surface area contributed by atoms with Crippen LogP contribution in [-0.2, 0) is 4.79 Å². The number of benzene rings is 1. The Balaban J connectivity index is 1.74. The Morgan fingerprint density at radius 1 is 1.22 bits per heavy atom. The highest BCUT2D eigenvalue weighted by atomic mass is 35.5. The van der Waals surface area contributed by atoms with Gasteiger partial charge in [0, 0.05) is 19.0 Å². The predicted molar refractivity (Wildman–Crippen MR) is 92.5 cm³/mol. The van der Waals surface area contributed by atoms with Crippen molar-refractivity contribution in [2.24, 2.45) is 11.8 Å². The van der Waals surface area contributed by atoms with Crippen molar-refractivity contribution < 1.29 is 9.59 Å². The van der Waals surface area contributed by atoms with Gasteiger partial charge < -0.3 is 10.6 Å². The number of amides is 2. The fourth-order valence-corrected chi connectivity index (χ4v) is 3.32. The first-order valence-electron chi connectivity index (χ1n) is 8.31. The monoisotopic (exact) mass is 336 g/mol. The van der Waals surface area contributed by atoms with Gasteiger partial charge in [0.2, 0.25) is 5.91 Å². The van der Waals surface area contributed by atoms with Crippen LogP contribution in [0, 0.1) is 11.8 Å². The van der Waals surface area contributed by atoms with Gasteiger partial charge >= 0.3 is 0 Å². The number of carbonyl (C=O) groups is 2. The minimum absolute atomic E-state index is 0.00425. The van der Waals surface area contributed by atoms with Gasteiger partial charge in [-0.2, -0.15) is 0 Å². The molecule has 2 N–H and O–H groups in total. The lowest BCUT2D eigenvalue weighted by Gasteiger charge is -2.34. The van der Waals surface area contributed by atoms with E-state index in [0.29, 0.717) is 29.0 Å². The fraction of sp³-hybridized carbons (Fsp3) is 0.556. The molecule has 1 aromatic rings. The summed E-state index contributed by atoms with van der Waals surface area (Å²) in [7, 11) is 0. The molecule has 0 unspecified atom stereocenters. The maximum Gasteiger partial charge on any atom is 0.252 e. The van der Waals surface area contributed by atoms with Gasteiger partial charge in [0.15, 0.2) is 0 Å². The third kappa shape index (κ3) is 4.96. The minimum atomic E-state index is -0.247. The van der Waals surface area contributed by atoms with E-state index in [2.05, 4.69) is 24.5 Å². The van der Waals surface area contributed by atoms with E-state index in [9.17, 15) is 9.59 Å². The van der Waals surface area contributed by atoms with Gasteiger partial charge in [-0.1, -0.05) is 50.4 Å². The van der Waals surface area contributed by atoms with E-state index in [4.69, 9.17) is 11.6 Å². The zero-order valence-corrected chi connectivity index (χ0v) is 14.5. The number of carbonyl (C=O) groups excluding carboxylic acids is 2. The topological polar surface area (TPSA) is 58.2 Å². The number of nitrogens with one attached hydrogen (secondary N) is 2. The lowest BCUT2D eigenvalue weighted by Crippen LogP contribution is -2.44. The van der Waals surface area contributed by atoms with Gasteiger partial charge in [-0.3, -0.25) is 9.59 Å². The van der Waals surface area contributed by atoms with Crippen molar-refractivity contribution in [2.45, 2.75) is 45.6 Å². The van der Waals surface area contributed by atoms with E-state index < -0.39 is 0 Å². The van der Waals surface area contributed by atoms with Crippen LogP contribution in [0.5, 0.6) is 0 Å². The first-order chi connectivity index (χ1) is 11.0. The van der Waals surface area contributed by atoms with Crippen LogP contribution in [0.25, 0.3) is 0 Å². The molecule has 0 heterocycles. The molecule has 2 amide bonds. The molecule has 0 saturated heterocycles. The summed E-state index contributed by atoms with van der Waals surface area (Å²) in [6.45, 7) is 4.76. The molecule has 2 rings (SSSR count). The fourth-order valence-electron chi connectivity index (χ4n) is 3.09. The van der Waals surface area contributed by atoms with Gasteiger partial charge in [0.05, 0.1) is 10.6 Å². The maximum absolute atomic E-state index is 12.1. The van der Waals surface area contributed by atoms with Crippen molar-refractivity contribution in [1.82, 2.24) is 10.6 Å². The third-order valence-electron chi connectivity index (χ3n) is 4.81. The summed E-state index contributed by atoms with van der Waals surface area (Å²) in [5, 5.41) is 6.27. The average molecular weight is 337 g/mol. The number of rotatable bonds is 5.